The Bertz CT molecular complexity index is 485. The van der Waals surface area contributed by atoms with E-state index in [1.165, 1.54) is 5.69 Å². The standard InChI is InChI=1S/C15H20N2O/c1-12(2)16-11-14-5-4-10-17(14)13-6-8-15(18-3)9-7-13/h4-10,12,16H,11H2,1-3H3. The van der Waals surface area contributed by atoms with Gasteiger partial charge < -0.3 is 14.6 Å². The van der Waals surface area contributed by atoms with Crippen LogP contribution in [-0.2, 0) is 6.54 Å². The van der Waals surface area contributed by atoms with Crippen molar-refractivity contribution in [1.29, 1.82) is 0 Å². The highest BCUT2D eigenvalue weighted by molar-refractivity contribution is 5.39. The van der Waals surface area contributed by atoms with Crippen molar-refractivity contribution in [2.75, 3.05) is 7.11 Å². The first-order valence-electron chi connectivity index (χ1n) is 6.24. The summed E-state index contributed by atoms with van der Waals surface area (Å²) in [6.07, 6.45) is 2.08. The maximum absolute atomic E-state index is 5.17. The molecule has 0 bridgehead atoms. The zero-order valence-electron chi connectivity index (χ0n) is 11.2. The minimum atomic E-state index is 0.490. The van der Waals surface area contributed by atoms with Gasteiger partial charge in [0.2, 0.25) is 0 Å². The number of hydrogen-bond donors (Lipinski definition) is 1. The number of benzene rings is 1. The average molecular weight is 244 g/mol. The van der Waals surface area contributed by atoms with E-state index < -0.39 is 0 Å². The molecule has 0 unspecified atom stereocenters. The second kappa shape index (κ2) is 5.74. The summed E-state index contributed by atoms with van der Waals surface area (Å²) in [5.41, 5.74) is 2.41. The SMILES string of the molecule is COc1ccc(-n2cccc2CNC(C)C)cc1. The summed E-state index contributed by atoms with van der Waals surface area (Å²) in [6.45, 7) is 5.18. The van der Waals surface area contributed by atoms with Gasteiger partial charge in [-0.15, -0.1) is 0 Å². The molecular weight excluding hydrogens is 224 g/mol. The molecule has 3 heteroatoms. The number of nitrogens with zero attached hydrogens (tertiary/aromatic N) is 1. The molecule has 0 radical (unpaired) electrons. The van der Waals surface area contributed by atoms with Gasteiger partial charge in [0.05, 0.1) is 7.11 Å². The van der Waals surface area contributed by atoms with E-state index >= 15 is 0 Å². The van der Waals surface area contributed by atoms with Crippen molar-refractivity contribution in [1.82, 2.24) is 9.88 Å². The minimum Gasteiger partial charge on any atom is -0.497 e. The van der Waals surface area contributed by atoms with E-state index in [4.69, 9.17) is 4.74 Å². The highest BCUT2D eigenvalue weighted by atomic mass is 16.5. The maximum Gasteiger partial charge on any atom is 0.119 e. The Balaban J connectivity index is 2.19. The zero-order chi connectivity index (χ0) is 13.0. The van der Waals surface area contributed by atoms with E-state index in [9.17, 15) is 0 Å². The largest absolute Gasteiger partial charge is 0.497 e. The predicted molar refractivity (Wildman–Crippen MR) is 74.3 cm³/mol. The summed E-state index contributed by atoms with van der Waals surface area (Å²) in [4.78, 5) is 0. The molecule has 1 N–H and O–H groups in total. The van der Waals surface area contributed by atoms with Crippen molar-refractivity contribution in [2.24, 2.45) is 0 Å². The molecule has 2 rings (SSSR count). The fraction of sp³-hybridized carbons (Fsp3) is 0.333. The summed E-state index contributed by atoms with van der Waals surface area (Å²) < 4.78 is 7.36. The normalized spacial score (nSPS) is 10.9. The van der Waals surface area contributed by atoms with Crippen molar-refractivity contribution in [2.45, 2.75) is 26.4 Å². The Morgan fingerprint density at radius 1 is 1.17 bits per heavy atom. The van der Waals surface area contributed by atoms with Crippen LogP contribution < -0.4 is 10.1 Å². The summed E-state index contributed by atoms with van der Waals surface area (Å²) in [6, 6.07) is 12.8. The molecule has 0 aliphatic rings. The number of nitrogens with one attached hydrogen (secondary N) is 1. The van der Waals surface area contributed by atoms with Crippen LogP contribution in [0.15, 0.2) is 42.6 Å². The molecule has 0 spiro atoms. The van der Waals surface area contributed by atoms with Crippen LogP contribution >= 0.6 is 0 Å². The van der Waals surface area contributed by atoms with Gasteiger partial charge in [0.1, 0.15) is 5.75 Å². The zero-order valence-corrected chi connectivity index (χ0v) is 11.2. The summed E-state index contributed by atoms with van der Waals surface area (Å²) in [7, 11) is 1.68. The highest BCUT2D eigenvalue weighted by Crippen LogP contribution is 2.17. The second-order valence-electron chi connectivity index (χ2n) is 4.60. The van der Waals surface area contributed by atoms with Crippen LogP contribution in [0.1, 0.15) is 19.5 Å². The second-order valence-corrected chi connectivity index (χ2v) is 4.60. The molecular formula is C15H20N2O. The molecule has 1 aromatic carbocycles. The Kier molecular flexibility index (Phi) is 4.05. The quantitative estimate of drug-likeness (QED) is 0.875. The van der Waals surface area contributed by atoms with E-state index in [0.717, 1.165) is 18.0 Å². The van der Waals surface area contributed by atoms with Crippen LogP contribution in [0.4, 0.5) is 0 Å². The number of methoxy groups -OCH3 is 1. The van der Waals surface area contributed by atoms with Crippen LogP contribution in [0.3, 0.4) is 0 Å². The van der Waals surface area contributed by atoms with Gasteiger partial charge in [-0.2, -0.15) is 0 Å². The molecule has 96 valence electrons. The number of ether oxygens (including phenoxy) is 1. The van der Waals surface area contributed by atoms with Gasteiger partial charge >= 0.3 is 0 Å². The molecule has 1 heterocycles. The first-order chi connectivity index (χ1) is 8.70. The Labute approximate surface area is 108 Å². The lowest BCUT2D eigenvalue weighted by molar-refractivity contribution is 0.414. The number of rotatable bonds is 5. The van der Waals surface area contributed by atoms with E-state index in [2.05, 4.69) is 54.2 Å². The fourth-order valence-corrected chi connectivity index (χ4v) is 1.86. The first-order valence-corrected chi connectivity index (χ1v) is 6.24. The molecule has 0 amide bonds. The van der Waals surface area contributed by atoms with Crippen LogP contribution in [0.5, 0.6) is 5.75 Å². The van der Waals surface area contributed by atoms with Gasteiger partial charge in [-0.25, -0.2) is 0 Å². The van der Waals surface area contributed by atoms with E-state index in [1.807, 2.05) is 12.1 Å². The van der Waals surface area contributed by atoms with Crippen molar-refractivity contribution in [3.05, 3.63) is 48.3 Å². The predicted octanol–water partition coefficient (Wildman–Crippen LogP) is 2.98. The van der Waals surface area contributed by atoms with Crippen LogP contribution in [0, 0.1) is 0 Å². The smallest absolute Gasteiger partial charge is 0.119 e. The highest BCUT2D eigenvalue weighted by Gasteiger charge is 2.04. The Hall–Kier alpha value is -1.74. The summed E-state index contributed by atoms with van der Waals surface area (Å²) in [5.74, 6) is 0.882. The molecule has 2 aromatic rings. The topological polar surface area (TPSA) is 26.2 Å². The summed E-state index contributed by atoms with van der Waals surface area (Å²) >= 11 is 0. The molecule has 0 saturated heterocycles. The Morgan fingerprint density at radius 3 is 2.50 bits per heavy atom. The van der Waals surface area contributed by atoms with Gasteiger partial charge in [0.25, 0.3) is 0 Å². The molecule has 3 nitrogen and oxygen atoms in total. The Morgan fingerprint density at radius 2 is 1.89 bits per heavy atom. The summed E-state index contributed by atoms with van der Waals surface area (Å²) in [5, 5.41) is 3.44. The van der Waals surface area contributed by atoms with Crippen molar-refractivity contribution < 1.29 is 4.74 Å². The average Bonchev–Trinajstić information content (AvgIpc) is 2.85. The molecule has 0 aliphatic carbocycles. The lowest BCUT2D eigenvalue weighted by Gasteiger charge is -2.12. The monoisotopic (exact) mass is 244 g/mol. The van der Waals surface area contributed by atoms with E-state index in [1.54, 1.807) is 7.11 Å². The van der Waals surface area contributed by atoms with Crippen molar-refractivity contribution in [3.8, 4) is 11.4 Å². The third-order valence-electron chi connectivity index (χ3n) is 2.88. The minimum absolute atomic E-state index is 0.490. The van der Waals surface area contributed by atoms with Crippen LogP contribution in [0.2, 0.25) is 0 Å². The van der Waals surface area contributed by atoms with Crippen molar-refractivity contribution in [3.63, 3.8) is 0 Å². The van der Waals surface area contributed by atoms with Crippen molar-refractivity contribution >= 4 is 0 Å². The lowest BCUT2D eigenvalue weighted by Crippen LogP contribution is -2.23. The van der Waals surface area contributed by atoms with Gasteiger partial charge in [0, 0.05) is 30.2 Å². The van der Waals surface area contributed by atoms with Crippen LogP contribution in [0.25, 0.3) is 5.69 Å². The number of aromatic nitrogens is 1. The third-order valence-corrected chi connectivity index (χ3v) is 2.88. The van der Waals surface area contributed by atoms with Crippen LogP contribution in [-0.4, -0.2) is 17.7 Å². The molecule has 0 saturated carbocycles. The lowest BCUT2D eigenvalue weighted by atomic mass is 10.3. The molecule has 18 heavy (non-hydrogen) atoms. The first kappa shape index (κ1) is 12.7. The number of hydrogen-bond acceptors (Lipinski definition) is 2. The molecule has 1 aromatic heterocycles. The molecule has 0 fully saturated rings. The van der Waals surface area contributed by atoms with E-state index in [-0.39, 0.29) is 0 Å². The fourth-order valence-electron chi connectivity index (χ4n) is 1.86. The van der Waals surface area contributed by atoms with Gasteiger partial charge in [0.15, 0.2) is 0 Å². The molecule has 0 aliphatic heterocycles. The molecule has 0 atom stereocenters. The maximum atomic E-state index is 5.17. The third kappa shape index (κ3) is 2.93. The van der Waals surface area contributed by atoms with E-state index in [0.29, 0.717) is 6.04 Å². The van der Waals surface area contributed by atoms with Gasteiger partial charge in [-0.3, -0.25) is 0 Å². The van der Waals surface area contributed by atoms with Gasteiger partial charge in [-0.05, 0) is 36.4 Å². The van der Waals surface area contributed by atoms with Gasteiger partial charge in [-0.1, -0.05) is 13.8 Å².